The van der Waals surface area contributed by atoms with Gasteiger partial charge in [-0.05, 0) is 37.1 Å². The van der Waals surface area contributed by atoms with E-state index >= 15 is 0 Å². The number of amides is 3. The third-order valence-corrected chi connectivity index (χ3v) is 4.54. The van der Waals surface area contributed by atoms with Crippen molar-refractivity contribution in [1.29, 1.82) is 0 Å². The molecule has 136 valence electrons. The first-order valence-electron chi connectivity index (χ1n) is 8.46. The van der Waals surface area contributed by atoms with Gasteiger partial charge in [0.25, 0.3) is 11.8 Å². The smallest absolute Gasteiger partial charge is 0.278 e. The molecule has 27 heavy (non-hydrogen) atoms. The summed E-state index contributed by atoms with van der Waals surface area (Å²) < 4.78 is 1.85. The second-order valence-corrected chi connectivity index (χ2v) is 6.36. The predicted octanol–water partition coefficient (Wildman–Crippen LogP) is 1.33. The Hall–Kier alpha value is -3.68. The Morgan fingerprint density at radius 1 is 1.19 bits per heavy atom. The van der Waals surface area contributed by atoms with Crippen molar-refractivity contribution in [3.8, 4) is 5.69 Å². The minimum Gasteiger partial charge on any atom is -0.351 e. The summed E-state index contributed by atoms with van der Waals surface area (Å²) in [6.45, 7) is 3.71. The van der Waals surface area contributed by atoms with Crippen LogP contribution in [0.2, 0.25) is 0 Å². The van der Waals surface area contributed by atoms with E-state index in [4.69, 9.17) is 0 Å². The molecule has 2 N–H and O–H groups in total. The number of nitrogens with one attached hydrogen (secondary N) is 2. The molecule has 0 spiro atoms. The lowest BCUT2D eigenvalue weighted by molar-refractivity contribution is -0.146. The lowest BCUT2D eigenvalue weighted by atomic mass is 10.0. The van der Waals surface area contributed by atoms with Crippen LogP contribution in [0.25, 0.3) is 5.69 Å². The van der Waals surface area contributed by atoms with Gasteiger partial charge in [0.1, 0.15) is 11.7 Å². The minimum absolute atomic E-state index is 0.146. The highest BCUT2D eigenvalue weighted by molar-refractivity contribution is 6.19. The lowest BCUT2D eigenvalue weighted by Crippen LogP contribution is -2.52. The standard InChI is InChI=1S/C19H17N5O3/c1-12-2-7-16(18(26)21-12)24-17(25)10-15(19(24)27)22-13-3-5-14(6-4-13)23-9-8-20-11-23/h3-6,8-11,16,22H,1-2,7H2,(H,21,26). The molecule has 4 rings (SSSR count). The van der Waals surface area contributed by atoms with Gasteiger partial charge in [-0.25, -0.2) is 4.98 Å². The summed E-state index contributed by atoms with van der Waals surface area (Å²) in [5.41, 5.74) is 2.32. The Balaban J connectivity index is 1.48. The van der Waals surface area contributed by atoms with E-state index < -0.39 is 17.9 Å². The molecule has 8 nitrogen and oxygen atoms in total. The normalized spacial score (nSPS) is 19.9. The van der Waals surface area contributed by atoms with Crippen LogP contribution in [0.15, 0.2) is 67.0 Å². The van der Waals surface area contributed by atoms with Crippen LogP contribution in [-0.2, 0) is 14.4 Å². The fourth-order valence-corrected chi connectivity index (χ4v) is 3.16. The Morgan fingerprint density at radius 3 is 2.63 bits per heavy atom. The quantitative estimate of drug-likeness (QED) is 0.799. The van der Waals surface area contributed by atoms with E-state index in [2.05, 4.69) is 22.2 Å². The van der Waals surface area contributed by atoms with Crippen molar-refractivity contribution in [2.45, 2.75) is 18.9 Å². The minimum atomic E-state index is -0.810. The van der Waals surface area contributed by atoms with Crippen molar-refractivity contribution in [2.24, 2.45) is 0 Å². The monoisotopic (exact) mass is 363 g/mol. The van der Waals surface area contributed by atoms with Crippen LogP contribution in [0.5, 0.6) is 0 Å². The fraction of sp³-hybridized carbons (Fsp3) is 0.158. The lowest BCUT2D eigenvalue weighted by Gasteiger charge is -2.29. The average Bonchev–Trinajstić information content (AvgIpc) is 3.26. The maximum absolute atomic E-state index is 12.7. The number of aromatic nitrogens is 2. The number of carbonyl (C=O) groups is 3. The average molecular weight is 363 g/mol. The van der Waals surface area contributed by atoms with Gasteiger partial charge >= 0.3 is 0 Å². The van der Waals surface area contributed by atoms with E-state index in [1.165, 1.54) is 6.08 Å². The van der Waals surface area contributed by atoms with Gasteiger partial charge < -0.3 is 15.2 Å². The van der Waals surface area contributed by atoms with E-state index in [-0.39, 0.29) is 11.6 Å². The highest BCUT2D eigenvalue weighted by Gasteiger charge is 2.41. The van der Waals surface area contributed by atoms with Gasteiger partial charge in [-0.3, -0.25) is 19.3 Å². The molecule has 0 bridgehead atoms. The number of piperidine rings is 1. The molecular weight excluding hydrogens is 346 g/mol. The summed E-state index contributed by atoms with van der Waals surface area (Å²) in [7, 11) is 0. The SMILES string of the molecule is C=C1CCC(N2C(=O)C=C(Nc3ccc(-n4ccnc4)cc3)C2=O)C(=O)N1. The topological polar surface area (TPSA) is 96.3 Å². The van der Waals surface area contributed by atoms with Gasteiger partial charge in [-0.2, -0.15) is 0 Å². The number of hydrogen-bond donors (Lipinski definition) is 2. The van der Waals surface area contributed by atoms with Crippen molar-refractivity contribution in [2.75, 3.05) is 5.32 Å². The molecule has 1 saturated heterocycles. The van der Waals surface area contributed by atoms with Gasteiger partial charge in [0.15, 0.2) is 0 Å². The van der Waals surface area contributed by atoms with Gasteiger partial charge in [0.05, 0.1) is 6.33 Å². The van der Waals surface area contributed by atoms with E-state index in [0.29, 0.717) is 24.2 Å². The Morgan fingerprint density at radius 2 is 1.96 bits per heavy atom. The van der Waals surface area contributed by atoms with E-state index in [9.17, 15) is 14.4 Å². The number of imide groups is 1. The van der Waals surface area contributed by atoms with Crippen LogP contribution >= 0.6 is 0 Å². The summed E-state index contributed by atoms with van der Waals surface area (Å²) in [6.07, 6.45) is 7.33. The summed E-state index contributed by atoms with van der Waals surface area (Å²) in [5.74, 6) is -1.39. The molecule has 3 heterocycles. The van der Waals surface area contributed by atoms with Crippen LogP contribution < -0.4 is 10.6 Å². The van der Waals surface area contributed by atoms with Crippen molar-refractivity contribution in [3.63, 3.8) is 0 Å². The molecule has 2 aliphatic rings. The predicted molar refractivity (Wildman–Crippen MR) is 97.4 cm³/mol. The molecule has 1 aromatic heterocycles. The second kappa shape index (κ2) is 6.56. The number of benzene rings is 1. The molecule has 0 radical (unpaired) electrons. The molecule has 3 amide bonds. The van der Waals surface area contributed by atoms with Gasteiger partial charge in [0.2, 0.25) is 5.91 Å². The first kappa shape index (κ1) is 16.8. The second-order valence-electron chi connectivity index (χ2n) is 6.36. The third kappa shape index (κ3) is 3.12. The number of hydrogen-bond acceptors (Lipinski definition) is 5. The number of allylic oxidation sites excluding steroid dienone is 1. The molecule has 0 saturated carbocycles. The van der Waals surface area contributed by atoms with Crippen LogP contribution in [0.4, 0.5) is 5.69 Å². The van der Waals surface area contributed by atoms with Crippen LogP contribution in [-0.4, -0.2) is 38.2 Å². The van der Waals surface area contributed by atoms with Gasteiger partial charge in [-0.1, -0.05) is 6.58 Å². The number of imidazole rings is 1. The van der Waals surface area contributed by atoms with Crippen molar-refractivity contribution in [1.82, 2.24) is 19.8 Å². The molecule has 1 atom stereocenters. The third-order valence-electron chi connectivity index (χ3n) is 4.54. The number of carbonyl (C=O) groups excluding carboxylic acids is 3. The molecule has 1 fully saturated rings. The largest absolute Gasteiger partial charge is 0.351 e. The molecular formula is C19H17N5O3. The zero-order valence-corrected chi connectivity index (χ0v) is 14.4. The summed E-state index contributed by atoms with van der Waals surface area (Å²) >= 11 is 0. The van der Waals surface area contributed by atoms with Crippen molar-refractivity contribution < 1.29 is 14.4 Å². The highest BCUT2D eigenvalue weighted by atomic mass is 16.2. The van der Waals surface area contributed by atoms with Gasteiger partial charge in [0, 0.05) is 35.5 Å². The van der Waals surface area contributed by atoms with Crippen LogP contribution in [0, 0.1) is 0 Å². The van der Waals surface area contributed by atoms with E-state index in [1.54, 1.807) is 24.7 Å². The molecule has 1 unspecified atom stereocenters. The molecule has 8 heteroatoms. The molecule has 2 aromatic rings. The summed E-state index contributed by atoms with van der Waals surface area (Å²) in [6, 6.07) is 6.52. The number of nitrogens with zero attached hydrogens (tertiary/aromatic N) is 3. The Kier molecular flexibility index (Phi) is 4.08. The van der Waals surface area contributed by atoms with E-state index in [1.807, 2.05) is 22.9 Å². The summed E-state index contributed by atoms with van der Waals surface area (Å²) in [5, 5.41) is 5.56. The Bertz CT molecular complexity index is 960. The first-order valence-corrected chi connectivity index (χ1v) is 8.46. The van der Waals surface area contributed by atoms with Crippen LogP contribution in [0.3, 0.4) is 0 Å². The van der Waals surface area contributed by atoms with Crippen molar-refractivity contribution >= 4 is 23.4 Å². The first-order chi connectivity index (χ1) is 13.0. The molecule has 2 aliphatic heterocycles. The zero-order chi connectivity index (χ0) is 19.0. The Labute approximate surface area is 155 Å². The molecule has 1 aromatic carbocycles. The maximum Gasteiger partial charge on any atom is 0.278 e. The molecule has 0 aliphatic carbocycles. The van der Waals surface area contributed by atoms with Gasteiger partial charge in [-0.15, -0.1) is 0 Å². The fourth-order valence-electron chi connectivity index (χ4n) is 3.16. The van der Waals surface area contributed by atoms with E-state index in [0.717, 1.165) is 10.6 Å². The number of rotatable bonds is 4. The van der Waals surface area contributed by atoms with Crippen molar-refractivity contribution in [3.05, 3.63) is 67.0 Å². The van der Waals surface area contributed by atoms with Crippen LogP contribution in [0.1, 0.15) is 12.8 Å². The maximum atomic E-state index is 12.7. The number of anilines is 1. The zero-order valence-electron chi connectivity index (χ0n) is 14.4. The summed E-state index contributed by atoms with van der Waals surface area (Å²) in [4.78, 5) is 42.1. The highest BCUT2D eigenvalue weighted by Crippen LogP contribution is 2.24.